The summed E-state index contributed by atoms with van der Waals surface area (Å²) in [6.45, 7) is 0.272. The first kappa shape index (κ1) is 13.7. The molecule has 2 aliphatic heterocycles. The number of thioether (sulfide) groups is 1. The van der Waals surface area contributed by atoms with Crippen LogP contribution in [0.1, 0.15) is 5.56 Å². The highest BCUT2D eigenvalue weighted by Gasteiger charge is 2.53. The maximum Gasteiger partial charge on any atom is 0.353 e. The van der Waals surface area contributed by atoms with Gasteiger partial charge in [0.25, 0.3) is 0 Å². The van der Waals surface area contributed by atoms with Gasteiger partial charge >= 0.3 is 5.97 Å². The second kappa shape index (κ2) is 5.25. The number of amidine groups is 1. The van der Waals surface area contributed by atoms with E-state index in [0.29, 0.717) is 5.84 Å². The highest BCUT2D eigenvalue weighted by atomic mass is 32.2. The molecule has 21 heavy (non-hydrogen) atoms. The molecule has 1 amide bonds. The largest absolute Gasteiger partial charge is 0.477 e. The highest BCUT2D eigenvalue weighted by molar-refractivity contribution is 8.03. The zero-order valence-electron chi connectivity index (χ0n) is 11.0. The molecule has 1 fully saturated rings. The molecule has 0 aromatic heterocycles. The van der Waals surface area contributed by atoms with Crippen molar-refractivity contribution in [2.45, 2.75) is 5.37 Å². The predicted octanol–water partition coefficient (Wildman–Crippen LogP) is 0.849. The maximum atomic E-state index is 12.0. The number of carbonyl (C=O) groups is 2. The maximum absolute atomic E-state index is 12.0. The van der Waals surface area contributed by atoms with Crippen LogP contribution in [0.5, 0.6) is 0 Å². The SMILES string of the molecule is NC(=NCC1C(=O)N2C(C(=O)O)=CS[C@@H]12)c1ccccc1. The summed E-state index contributed by atoms with van der Waals surface area (Å²) in [4.78, 5) is 28.5. The van der Waals surface area contributed by atoms with Crippen molar-refractivity contribution in [3.8, 4) is 0 Å². The van der Waals surface area contributed by atoms with Crippen LogP contribution in [0.25, 0.3) is 0 Å². The quantitative estimate of drug-likeness (QED) is 0.488. The van der Waals surface area contributed by atoms with E-state index in [9.17, 15) is 9.59 Å². The van der Waals surface area contributed by atoms with Gasteiger partial charge in [-0.05, 0) is 0 Å². The lowest BCUT2D eigenvalue weighted by atomic mass is 9.97. The van der Waals surface area contributed by atoms with Crippen LogP contribution in [0.3, 0.4) is 0 Å². The van der Waals surface area contributed by atoms with Crippen molar-refractivity contribution in [3.05, 3.63) is 47.0 Å². The predicted molar refractivity (Wildman–Crippen MR) is 79.5 cm³/mol. The van der Waals surface area contributed by atoms with E-state index in [4.69, 9.17) is 10.8 Å². The van der Waals surface area contributed by atoms with Gasteiger partial charge in [0.15, 0.2) is 0 Å². The number of carboxylic acid groups (broad SMARTS) is 1. The first-order valence-corrected chi connectivity index (χ1v) is 7.31. The molecule has 1 unspecified atom stereocenters. The number of hydrogen-bond donors (Lipinski definition) is 2. The van der Waals surface area contributed by atoms with Crippen molar-refractivity contribution in [1.82, 2.24) is 4.90 Å². The Balaban J connectivity index is 1.67. The number of nitrogens with zero attached hydrogens (tertiary/aromatic N) is 2. The molecule has 1 saturated heterocycles. The van der Waals surface area contributed by atoms with E-state index < -0.39 is 5.97 Å². The molecule has 0 spiro atoms. The van der Waals surface area contributed by atoms with Gasteiger partial charge in [-0.15, -0.1) is 11.8 Å². The highest BCUT2D eigenvalue weighted by Crippen LogP contribution is 2.44. The number of aliphatic imine (C=N–C) groups is 1. The van der Waals surface area contributed by atoms with Crippen molar-refractivity contribution in [2.75, 3.05) is 6.54 Å². The van der Waals surface area contributed by atoms with Crippen LogP contribution in [-0.2, 0) is 9.59 Å². The van der Waals surface area contributed by atoms with Gasteiger partial charge in [0, 0.05) is 11.0 Å². The molecule has 6 nitrogen and oxygen atoms in total. The summed E-state index contributed by atoms with van der Waals surface area (Å²) in [5, 5.41) is 10.3. The van der Waals surface area contributed by atoms with Gasteiger partial charge in [0.2, 0.25) is 5.91 Å². The fourth-order valence-electron chi connectivity index (χ4n) is 2.34. The fourth-order valence-corrected chi connectivity index (χ4v) is 3.56. The number of carbonyl (C=O) groups excluding carboxylic acids is 1. The van der Waals surface area contributed by atoms with Gasteiger partial charge in [-0.3, -0.25) is 14.7 Å². The molecule has 7 heteroatoms. The topological polar surface area (TPSA) is 96.0 Å². The molecule has 1 aromatic carbocycles. The smallest absolute Gasteiger partial charge is 0.353 e. The molecule has 0 aliphatic carbocycles. The molecule has 2 atom stereocenters. The van der Waals surface area contributed by atoms with E-state index in [0.717, 1.165) is 5.56 Å². The number of nitrogens with two attached hydrogens (primary N) is 1. The third-order valence-corrected chi connectivity index (χ3v) is 4.66. The van der Waals surface area contributed by atoms with Crippen LogP contribution in [0.2, 0.25) is 0 Å². The van der Waals surface area contributed by atoms with Crippen molar-refractivity contribution in [3.63, 3.8) is 0 Å². The molecule has 3 N–H and O–H groups in total. The van der Waals surface area contributed by atoms with Crippen molar-refractivity contribution in [1.29, 1.82) is 0 Å². The lowest BCUT2D eigenvalue weighted by Gasteiger charge is -2.41. The Morgan fingerprint density at radius 3 is 2.76 bits per heavy atom. The van der Waals surface area contributed by atoms with E-state index in [1.807, 2.05) is 30.3 Å². The van der Waals surface area contributed by atoms with Crippen molar-refractivity contribution < 1.29 is 14.7 Å². The molecular formula is C14H13N3O3S. The number of hydrogen-bond acceptors (Lipinski definition) is 4. The summed E-state index contributed by atoms with van der Waals surface area (Å²) in [5.41, 5.74) is 6.75. The summed E-state index contributed by atoms with van der Waals surface area (Å²) in [6, 6.07) is 9.32. The van der Waals surface area contributed by atoms with E-state index in [-0.39, 0.29) is 29.4 Å². The summed E-state index contributed by atoms with van der Waals surface area (Å²) in [7, 11) is 0. The lowest BCUT2D eigenvalue weighted by Crippen LogP contribution is -2.58. The number of benzene rings is 1. The van der Waals surface area contributed by atoms with Gasteiger partial charge in [-0.25, -0.2) is 4.79 Å². The molecule has 3 rings (SSSR count). The van der Waals surface area contributed by atoms with Crippen molar-refractivity contribution >= 4 is 29.5 Å². The number of β-lactam (4-membered cyclic amide) rings is 1. The lowest BCUT2D eigenvalue weighted by molar-refractivity contribution is -0.150. The van der Waals surface area contributed by atoms with Crippen LogP contribution in [0.15, 0.2) is 46.4 Å². The fraction of sp³-hybridized carbons (Fsp3) is 0.214. The molecule has 0 saturated carbocycles. The van der Waals surface area contributed by atoms with Gasteiger partial charge in [-0.1, -0.05) is 30.3 Å². The standard InChI is InChI=1S/C14H13N3O3S/c15-11(8-4-2-1-3-5-8)16-6-9-12(18)17-10(14(19)20)7-21-13(9)17/h1-5,7,9,13H,6H2,(H2,15,16)(H,19,20)/t9?,13-/m0/s1. The van der Waals surface area contributed by atoms with E-state index in [2.05, 4.69) is 4.99 Å². The monoisotopic (exact) mass is 303 g/mol. The van der Waals surface area contributed by atoms with Crippen LogP contribution in [0.4, 0.5) is 0 Å². The number of amides is 1. The molecule has 2 heterocycles. The Morgan fingerprint density at radius 2 is 2.10 bits per heavy atom. The van der Waals surface area contributed by atoms with Crippen molar-refractivity contribution in [2.24, 2.45) is 16.6 Å². The number of aliphatic carboxylic acids is 1. The third kappa shape index (κ3) is 2.29. The Labute approximate surface area is 125 Å². The number of carboxylic acids is 1. The normalized spacial score (nSPS) is 24.4. The van der Waals surface area contributed by atoms with Gasteiger partial charge in [-0.2, -0.15) is 0 Å². The van der Waals surface area contributed by atoms with Gasteiger partial charge in [0.1, 0.15) is 16.9 Å². The van der Waals surface area contributed by atoms with Crippen LogP contribution >= 0.6 is 11.8 Å². The minimum Gasteiger partial charge on any atom is -0.477 e. The molecule has 0 bridgehead atoms. The summed E-state index contributed by atoms with van der Waals surface area (Å²) in [6.07, 6.45) is 0. The molecule has 1 aromatic rings. The van der Waals surface area contributed by atoms with E-state index in [1.165, 1.54) is 22.1 Å². The minimum atomic E-state index is -1.08. The summed E-state index contributed by atoms with van der Waals surface area (Å²) in [5.74, 6) is -1.21. The molecular weight excluding hydrogens is 290 g/mol. The Kier molecular flexibility index (Phi) is 3.42. The Morgan fingerprint density at radius 1 is 1.38 bits per heavy atom. The minimum absolute atomic E-state index is 0.0475. The Hall–Kier alpha value is -2.28. The molecule has 0 radical (unpaired) electrons. The first-order chi connectivity index (χ1) is 10.1. The van der Waals surface area contributed by atoms with Crippen LogP contribution in [0, 0.1) is 5.92 Å². The summed E-state index contributed by atoms with van der Waals surface area (Å²) < 4.78 is 0. The average molecular weight is 303 g/mol. The first-order valence-electron chi connectivity index (χ1n) is 6.37. The zero-order chi connectivity index (χ0) is 15.0. The number of fused-ring (bicyclic) bond motifs is 1. The molecule has 2 aliphatic rings. The van der Waals surface area contributed by atoms with Gasteiger partial charge < -0.3 is 10.8 Å². The second-order valence-electron chi connectivity index (χ2n) is 4.74. The third-order valence-electron chi connectivity index (χ3n) is 3.48. The second-order valence-corrected chi connectivity index (χ2v) is 5.73. The summed E-state index contributed by atoms with van der Waals surface area (Å²) >= 11 is 1.34. The van der Waals surface area contributed by atoms with E-state index in [1.54, 1.807) is 0 Å². The zero-order valence-corrected chi connectivity index (χ0v) is 11.8. The van der Waals surface area contributed by atoms with Crippen LogP contribution in [-0.4, -0.2) is 39.6 Å². The van der Waals surface area contributed by atoms with Gasteiger partial charge in [0.05, 0.1) is 12.5 Å². The average Bonchev–Trinajstić information content (AvgIpc) is 2.88. The van der Waals surface area contributed by atoms with E-state index >= 15 is 0 Å². The van der Waals surface area contributed by atoms with Crippen LogP contribution < -0.4 is 5.73 Å². The molecule has 108 valence electrons. The number of rotatable bonds is 4. The Bertz CT molecular complexity index is 657.